The molecular weight excluding hydrogens is 335 g/mol. The minimum absolute atomic E-state index is 0. The van der Waals surface area contributed by atoms with Gasteiger partial charge in [-0.05, 0) is 0 Å². The van der Waals surface area contributed by atoms with E-state index in [4.69, 9.17) is 0 Å². The SMILES string of the molecule is [BiH3].[Cu].[KH].[NaH]. The Morgan fingerprint density at radius 1 is 1.00 bits per heavy atom. The predicted octanol–water partition coefficient (Wildman–Crippen LogP) is -2.48. The van der Waals surface area contributed by atoms with Crippen molar-refractivity contribution in [1.82, 2.24) is 0 Å². The second-order valence-corrected chi connectivity index (χ2v) is 0. The quantitative estimate of drug-likeness (QED) is 0.429. The van der Waals surface area contributed by atoms with Crippen molar-refractivity contribution in [1.29, 1.82) is 0 Å². The Labute approximate surface area is 121 Å². The summed E-state index contributed by atoms with van der Waals surface area (Å²) in [7, 11) is 0. The molecule has 23 valence electrons. The Morgan fingerprint density at radius 3 is 1.00 bits per heavy atom. The van der Waals surface area contributed by atoms with Crippen LogP contribution in [0.3, 0.4) is 0 Å². The van der Waals surface area contributed by atoms with Gasteiger partial charge in [0.25, 0.3) is 0 Å². The molecule has 0 atom stereocenters. The van der Waals surface area contributed by atoms with E-state index in [9.17, 15) is 0 Å². The van der Waals surface area contributed by atoms with E-state index in [1.54, 1.807) is 0 Å². The predicted molar refractivity (Wildman–Crippen MR) is 24.2 cm³/mol. The van der Waals surface area contributed by atoms with Gasteiger partial charge < -0.3 is 0 Å². The Kier molecular flexibility index (Phi) is 96.1. The molecule has 0 heterocycles. The van der Waals surface area contributed by atoms with Gasteiger partial charge in [0.05, 0.1) is 0 Å². The zero-order valence-electron chi connectivity index (χ0n) is 1.01. The van der Waals surface area contributed by atoms with E-state index in [1.807, 2.05) is 0 Å². The summed E-state index contributed by atoms with van der Waals surface area (Å²) in [5, 5.41) is 0. The van der Waals surface area contributed by atoms with Crippen molar-refractivity contribution < 1.29 is 17.1 Å². The molecule has 0 saturated carbocycles. The van der Waals surface area contributed by atoms with Gasteiger partial charge in [0, 0.05) is 17.1 Å². The molecule has 0 aliphatic rings. The molecule has 0 rings (SSSR count). The molecule has 0 saturated heterocycles. The van der Waals surface area contributed by atoms with Crippen LogP contribution in [0.2, 0.25) is 0 Å². The number of hydrogen-bond donors (Lipinski definition) is 0. The fourth-order valence-electron chi connectivity index (χ4n) is 0. The molecular formula is H5BiCuKNa. The zero-order valence-corrected chi connectivity index (χ0v) is 7.45. The van der Waals surface area contributed by atoms with Crippen LogP contribution in [0.1, 0.15) is 0 Å². The first kappa shape index (κ1) is 24.4. The van der Waals surface area contributed by atoms with Crippen molar-refractivity contribution in [2.45, 2.75) is 0 Å². The minimum atomic E-state index is 0. The van der Waals surface area contributed by atoms with Gasteiger partial charge in [-0.25, -0.2) is 0 Å². The van der Waals surface area contributed by atoms with E-state index < -0.39 is 0 Å². The summed E-state index contributed by atoms with van der Waals surface area (Å²) in [6.07, 6.45) is 0. The maximum atomic E-state index is 0. The standard InChI is InChI=1S/Bi.Cu.K.Na.5H. The summed E-state index contributed by atoms with van der Waals surface area (Å²) in [5.41, 5.74) is 0. The van der Waals surface area contributed by atoms with Crippen LogP contribution >= 0.6 is 0 Å². The topological polar surface area (TPSA) is 0 Å². The summed E-state index contributed by atoms with van der Waals surface area (Å²) in [5.74, 6) is 0. The van der Waals surface area contributed by atoms with Gasteiger partial charge in [-0.2, -0.15) is 0 Å². The second kappa shape index (κ2) is 15.7. The van der Waals surface area contributed by atoms with Gasteiger partial charge in [0.1, 0.15) is 0 Å². The van der Waals surface area contributed by atoms with Crippen LogP contribution in [0.5, 0.6) is 0 Å². The summed E-state index contributed by atoms with van der Waals surface area (Å²) in [6, 6.07) is 0. The van der Waals surface area contributed by atoms with Crippen LogP contribution in [0.15, 0.2) is 0 Å². The fourth-order valence-corrected chi connectivity index (χ4v) is 0. The van der Waals surface area contributed by atoms with Gasteiger partial charge in [0.2, 0.25) is 0 Å². The number of hydrogen-bond acceptors (Lipinski definition) is 0. The molecule has 0 aromatic carbocycles. The molecule has 0 nitrogen and oxygen atoms in total. The van der Waals surface area contributed by atoms with Crippen molar-refractivity contribution in [2.24, 2.45) is 0 Å². The molecule has 0 unspecified atom stereocenters. The average molecular weight is 340 g/mol. The Bertz CT molecular complexity index is 8.00. The molecule has 0 aliphatic heterocycles. The molecule has 0 amide bonds. The Morgan fingerprint density at radius 2 is 1.00 bits per heavy atom. The molecule has 0 spiro atoms. The van der Waals surface area contributed by atoms with Crippen molar-refractivity contribution in [3.8, 4) is 0 Å². The molecule has 4 heteroatoms. The summed E-state index contributed by atoms with van der Waals surface area (Å²) in [4.78, 5) is 0. The first-order chi connectivity index (χ1) is 0. The van der Waals surface area contributed by atoms with Gasteiger partial charge in [-0.3, -0.25) is 0 Å². The zero-order chi connectivity index (χ0) is 0. The van der Waals surface area contributed by atoms with E-state index in [0.29, 0.717) is 0 Å². The molecule has 4 heavy (non-hydrogen) atoms. The van der Waals surface area contributed by atoms with Crippen molar-refractivity contribution in [2.75, 3.05) is 0 Å². The van der Waals surface area contributed by atoms with Gasteiger partial charge in [-0.1, -0.05) is 0 Å². The van der Waals surface area contributed by atoms with Gasteiger partial charge >= 0.3 is 107 Å². The molecule has 0 aromatic heterocycles. The van der Waals surface area contributed by atoms with Crippen LogP contribution in [-0.4, -0.2) is 107 Å². The first-order valence-electron chi connectivity index (χ1n) is 0. The Balaban J connectivity index is 0. The fraction of sp³-hybridized carbons (Fsp3) is 0. The van der Waals surface area contributed by atoms with E-state index in [-0.39, 0.29) is 124 Å². The normalized spacial score (nSPS) is 0. The van der Waals surface area contributed by atoms with Crippen LogP contribution in [0.25, 0.3) is 0 Å². The third kappa shape index (κ3) is 9.40. The van der Waals surface area contributed by atoms with E-state index in [0.717, 1.165) is 0 Å². The molecule has 0 aromatic rings. The summed E-state index contributed by atoms with van der Waals surface area (Å²) >= 11 is 0. The summed E-state index contributed by atoms with van der Waals surface area (Å²) < 4.78 is 0. The third-order valence-corrected chi connectivity index (χ3v) is 0. The van der Waals surface area contributed by atoms with Crippen LogP contribution < -0.4 is 0 Å². The van der Waals surface area contributed by atoms with Crippen LogP contribution in [0, 0.1) is 0 Å². The van der Waals surface area contributed by atoms with Crippen molar-refractivity contribution in [3.63, 3.8) is 0 Å². The van der Waals surface area contributed by atoms with Crippen molar-refractivity contribution in [3.05, 3.63) is 0 Å². The van der Waals surface area contributed by atoms with E-state index >= 15 is 0 Å². The number of rotatable bonds is 0. The molecule has 0 N–H and O–H groups in total. The van der Waals surface area contributed by atoms with Gasteiger partial charge in [-0.15, -0.1) is 0 Å². The monoisotopic (exact) mass is 339 g/mol. The molecule has 0 aliphatic carbocycles. The summed E-state index contributed by atoms with van der Waals surface area (Å²) in [6.45, 7) is 0. The van der Waals surface area contributed by atoms with Crippen LogP contribution in [0.4, 0.5) is 0 Å². The molecule has 0 fully saturated rings. The molecule has 1 radical (unpaired) electrons. The average Bonchev–Trinajstić information content (AvgIpc) is 0. The molecule has 0 bridgehead atoms. The van der Waals surface area contributed by atoms with Gasteiger partial charge in [0.15, 0.2) is 0 Å². The van der Waals surface area contributed by atoms with Crippen LogP contribution in [-0.2, 0) is 17.1 Å². The third-order valence-electron chi connectivity index (χ3n) is 0. The van der Waals surface area contributed by atoms with E-state index in [1.165, 1.54) is 0 Å². The van der Waals surface area contributed by atoms with E-state index in [2.05, 4.69) is 0 Å². The van der Waals surface area contributed by atoms with Crippen molar-refractivity contribution >= 4 is 107 Å². The maximum absolute atomic E-state index is 0. The second-order valence-electron chi connectivity index (χ2n) is 0. The Hall–Kier alpha value is 4.04. The first-order valence-corrected chi connectivity index (χ1v) is 0.